The summed E-state index contributed by atoms with van der Waals surface area (Å²) in [6, 6.07) is 5.67. The van der Waals surface area contributed by atoms with E-state index in [4.69, 9.17) is 14.2 Å². The van der Waals surface area contributed by atoms with E-state index in [0.29, 0.717) is 18.3 Å². The largest absolute Gasteiger partial charge is 0.489 e. The van der Waals surface area contributed by atoms with Gasteiger partial charge in [-0.3, -0.25) is 0 Å². The Kier molecular flexibility index (Phi) is 5.63. The van der Waals surface area contributed by atoms with Gasteiger partial charge in [-0.25, -0.2) is 0 Å². The normalized spacial score (nSPS) is 10.6. The van der Waals surface area contributed by atoms with Crippen molar-refractivity contribution in [3.8, 4) is 11.5 Å². The van der Waals surface area contributed by atoms with E-state index in [9.17, 15) is 0 Å². The monoisotopic (exact) mass is 288 g/mol. The Morgan fingerprint density at radius 1 is 1.19 bits per heavy atom. The Labute approximate surface area is 105 Å². The Bertz CT molecular complexity index is 326. The molecule has 3 nitrogen and oxygen atoms in total. The van der Waals surface area contributed by atoms with E-state index in [0.717, 1.165) is 10.2 Å². The fourth-order valence-corrected chi connectivity index (χ4v) is 1.43. The molecule has 0 saturated carbocycles. The Balaban J connectivity index is 2.72. The van der Waals surface area contributed by atoms with Gasteiger partial charge in [0.15, 0.2) is 18.3 Å². The second-order valence-corrected chi connectivity index (χ2v) is 4.76. The molecule has 0 fully saturated rings. The van der Waals surface area contributed by atoms with Crippen LogP contribution in [-0.2, 0) is 4.74 Å². The van der Waals surface area contributed by atoms with Crippen LogP contribution in [0.15, 0.2) is 22.7 Å². The molecule has 0 atom stereocenters. The highest BCUT2D eigenvalue weighted by atomic mass is 79.9. The van der Waals surface area contributed by atoms with Gasteiger partial charge in [0.1, 0.15) is 0 Å². The van der Waals surface area contributed by atoms with E-state index in [-0.39, 0.29) is 6.79 Å². The van der Waals surface area contributed by atoms with Gasteiger partial charge in [-0.15, -0.1) is 0 Å². The quantitative estimate of drug-likeness (QED) is 0.750. The molecule has 0 saturated heterocycles. The maximum atomic E-state index is 5.67. The van der Waals surface area contributed by atoms with Gasteiger partial charge in [-0.1, -0.05) is 29.8 Å². The highest BCUT2D eigenvalue weighted by molar-refractivity contribution is 9.10. The molecule has 0 spiro atoms. The van der Waals surface area contributed by atoms with Crippen molar-refractivity contribution < 1.29 is 14.2 Å². The molecule has 0 aromatic heterocycles. The molecule has 1 aromatic rings. The van der Waals surface area contributed by atoms with E-state index in [1.54, 1.807) is 7.11 Å². The highest BCUT2D eigenvalue weighted by Gasteiger charge is 2.06. The summed E-state index contributed by atoms with van der Waals surface area (Å²) < 4.78 is 16.9. The Morgan fingerprint density at radius 2 is 1.94 bits per heavy atom. The van der Waals surface area contributed by atoms with Gasteiger partial charge in [0, 0.05) is 11.6 Å². The molecule has 0 amide bonds. The van der Waals surface area contributed by atoms with Gasteiger partial charge in [0.25, 0.3) is 0 Å². The van der Waals surface area contributed by atoms with Crippen LogP contribution in [0.25, 0.3) is 0 Å². The molecule has 0 aliphatic heterocycles. The lowest BCUT2D eigenvalue weighted by atomic mass is 10.2. The topological polar surface area (TPSA) is 27.7 Å². The van der Waals surface area contributed by atoms with Crippen LogP contribution in [-0.4, -0.2) is 20.5 Å². The third kappa shape index (κ3) is 4.41. The second kappa shape index (κ2) is 6.76. The summed E-state index contributed by atoms with van der Waals surface area (Å²) in [6.07, 6.45) is 0. The number of halogens is 1. The number of rotatable bonds is 6. The number of benzene rings is 1. The van der Waals surface area contributed by atoms with Gasteiger partial charge >= 0.3 is 0 Å². The molecular weight excluding hydrogens is 272 g/mol. The van der Waals surface area contributed by atoms with E-state index in [2.05, 4.69) is 29.8 Å². The number of hydrogen-bond acceptors (Lipinski definition) is 3. The molecule has 90 valence electrons. The van der Waals surface area contributed by atoms with Crippen molar-refractivity contribution in [2.45, 2.75) is 13.8 Å². The lowest BCUT2D eigenvalue weighted by molar-refractivity contribution is 0.0483. The van der Waals surface area contributed by atoms with Gasteiger partial charge < -0.3 is 14.2 Å². The molecule has 1 rings (SSSR count). The zero-order chi connectivity index (χ0) is 12.0. The zero-order valence-corrected chi connectivity index (χ0v) is 11.4. The van der Waals surface area contributed by atoms with Gasteiger partial charge in [-0.2, -0.15) is 0 Å². The van der Waals surface area contributed by atoms with Gasteiger partial charge in [0.2, 0.25) is 0 Å². The Morgan fingerprint density at radius 3 is 2.56 bits per heavy atom. The SMILES string of the molecule is COCOc1ccc(Br)cc1OCC(C)C. The third-order valence-corrected chi connectivity index (χ3v) is 2.30. The predicted octanol–water partition coefficient (Wildman–Crippen LogP) is 3.47. The number of methoxy groups -OCH3 is 1. The first-order valence-corrected chi connectivity index (χ1v) is 5.97. The van der Waals surface area contributed by atoms with E-state index in [1.807, 2.05) is 18.2 Å². The van der Waals surface area contributed by atoms with Crippen molar-refractivity contribution in [1.82, 2.24) is 0 Å². The standard InChI is InChI=1S/C12H17BrO3/c1-9(2)7-15-12-6-10(13)4-5-11(12)16-8-14-3/h4-6,9H,7-8H2,1-3H3. The van der Waals surface area contributed by atoms with Crippen molar-refractivity contribution in [2.24, 2.45) is 5.92 Å². The van der Waals surface area contributed by atoms with Crippen molar-refractivity contribution in [3.63, 3.8) is 0 Å². The Hall–Kier alpha value is -0.740. The van der Waals surface area contributed by atoms with Crippen LogP contribution in [0.1, 0.15) is 13.8 Å². The van der Waals surface area contributed by atoms with Crippen molar-refractivity contribution in [2.75, 3.05) is 20.5 Å². The number of hydrogen-bond donors (Lipinski definition) is 0. The van der Waals surface area contributed by atoms with E-state index >= 15 is 0 Å². The maximum absolute atomic E-state index is 5.67. The van der Waals surface area contributed by atoms with Crippen LogP contribution in [0.2, 0.25) is 0 Å². The first-order chi connectivity index (χ1) is 7.63. The van der Waals surface area contributed by atoms with Crippen molar-refractivity contribution in [1.29, 1.82) is 0 Å². The fraction of sp³-hybridized carbons (Fsp3) is 0.500. The molecule has 0 bridgehead atoms. The molecule has 0 aliphatic carbocycles. The second-order valence-electron chi connectivity index (χ2n) is 3.85. The summed E-state index contributed by atoms with van der Waals surface area (Å²) in [6.45, 7) is 5.10. The average molecular weight is 289 g/mol. The van der Waals surface area contributed by atoms with E-state index in [1.165, 1.54) is 0 Å². The van der Waals surface area contributed by atoms with Gasteiger partial charge in [0.05, 0.1) is 6.61 Å². The van der Waals surface area contributed by atoms with Gasteiger partial charge in [-0.05, 0) is 24.1 Å². The van der Waals surface area contributed by atoms with Crippen LogP contribution < -0.4 is 9.47 Å². The first-order valence-electron chi connectivity index (χ1n) is 5.17. The minimum atomic E-state index is 0.222. The summed E-state index contributed by atoms with van der Waals surface area (Å²) in [4.78, 5) is 0. The zero-order valence-electron chi connectivity index (χ0n) is 9.83. The van der Waals surface area contributed by atoms with Crippen LogP contribution in [0, 0.1) is 5.92 Å². The molecule has 0 heterocycles. The summed E-state index contributed by atoms with van der Waals surface area (Å²) >= 11 is 3.40. The smallest absolute Gasteiger partial charge is 0.188 e. The number of ether oxygens (including phenoxy) is 3. The molecule has 0 N–H and O–H groups in total. The predicted molar refractivity (Wildman–Crippen MR) is 67.0 cm³/mol. The molecule has 16 heavy (non-hydrogen) atoms. The molecule has 1 aromatic carbocycles. The maximum Gasteiger partial charge on any atom is 0.188 e. The van der Waals surface area contributed by atoms with Crippen LogP contribution >= 0.6 is 15.9 Å². The van der Waals surface area contributed by atoms with Crippen molar-refractivity contribution >= 4 is 15.9 Å². The minimum absolute atomic E-state index is 0.222. The van der Waals surface area contributed by atoms with Crippen molar-refractivity contribution in [3.05, 3.63) is 22.7 Å². The van der Waals surface area contributed by atoms with Crippen LogP contribution in [0.3, 0.4) is 0 Å². The molecule has 0 unspecified atom stereocenters. The molecule has 4 heteroatoms. The third-order valence-electron chi connectivity index (χ3n) is 1.81. The summed E-state index contributed by atoms with van der Waals surface area (Å²) in [5, 5.41) is 0. The average Bonchev–Trinajstić information content (AvgIpc) is 2.25. The molecule has 0 aliphatic rings. The fourth-order valence-electron chi connectivity index (χ4n) is 1.09. The minimum Gasteiger partial charge on any atom is -0.489 e. The first kappa shape index (κ1) is 13.3. The lowest BCUT2D eigenvalue weighted by Crippen LogP contribution is -2.07. The summed E-state index contributed by atoms with van der Waals surface area (Å²) in [5.41, 5.74) is 0. The van der Waals surface area contributed by atoms with E-state index < -0.39 is 0 Å². The molecular formula is C12H17BrO3. The van der Waals surface area contributed by atoms with Crippen LogP contribution in [0.4, 0.5) is 0 Å². The van der Waals surface area contributed by atoms with Crippen LogP contribution in [0.5, 0.6) is 11.5 Å². The lowest BCUT2D eigenvalue weighted by Gasteiger charge is -2.13. The summed E-state index contributed by atoms with van der Waals surface area (Å²) in [7, 11) is 1.59. The highest BCUT2D eigenvalue weighted by Crippen LogP contribution is 2.30. The summed E-state index contributed by atoms with van der Waals surface area (Å²) in [5.74, 6) is 1.92. The molecule has 0 radical (unpaired) electrons.